The second-order valence-corrected chi connectivity index (χ2v) is 6.85. The number of rotatable bonds is 9. The number of carbonyl (C=O) groups is 2. The third-order valence-electron chi connectivity index (χ3n) is 4.51. The summed E-state index contributed by atoms with van der Waals surface area (Å²) < 4.78 is 1.55. The lowest BCUT2D eigenvalue weighted by Gasteiger charge is -2.29. The van der Waals surface area contributed by atoms with Crippen LogP contribution in [0.4, 0.5) is 0 Å². The second-order valence-electron chi connectivity index (χ2n) is 6.85. The Balaban J connectivity index is 2.12. The van der Waals surface area contributed by atoms with Crippen LogP contribution >= 0.6 is 0 Å². The Morgan fingerprint density at radius 1 is 1.36 bits per heavy atom. The molecule has 1 unspecified atom stereocenters. The molecule has 0 saturated heterocycles. The van der Waals surface area contributed by atoms with Crippen LogP contribution in [0.15, 0.2) is 43.2 Å². The Hall–Kier alpha value is -3.07. The number of carbonyl (C=O) groups excluding carboxylic acids is 2. The zero-order valence-corrected chi connectivity index (χ0v) is 16.4. The Morgan fingerprint density at radius 2 is 2.11 bits per heavy atom. The molecule has 1 heterocycles. The molecule has 3 N–H and O–H groups in total. The summed E-state index contributed by atoms with van der Waals surface area (Å²) in [6, 6.07) is 6.71. The van der Waals surface area contributed by atoms with Gasteiger partial charge in [-0.3, -0.25) is 9.59 Å². The van der Waals surface area contributed by atoms with E-state index < -0.39 is 6.04 Å². The van der Waals surface area contributed by atoms with Crippen LogP contribution in [0.3, 0.4) is 0 Å². The molecule has 9 nitrogen and oxygen atoms in total. The van der Waals surface area contributed by atoms with Crippen LogP contribution in [0.1, 0.15) is 32.4 Å². The van der Waals surface area contributed by atoms with Crippen LogP contribution in [-0.4, -0.2) is 56.1 Å². The van der Waals surface area contributed by atoms with Crippen LogP contribution in [0, 0.1) is 5.92 Å². The van der Waals surface area contributed by atoms with Crippen molar-refractivity contribution in [3.05, 3.63) is 48.8 Å². The van der Waals surface area contributed by atoms with Crippen LogP contribution in [0.5, 0.6) is 0 Å². The van der Waals surface area contributed by atoms with Crippen molar-refractivity contribution < 1.29 is 9.59 Å². The third-order valence-corrected chi connectivity index (χ3v) is 4.51. The Morgan fingerprint density at radius 3 is 2.71 bits per heavy atom. The lowest BCUT2D eigenvalue weighted by molar-refractivity contribution is -0.134. The summed E-state index contributed by atoms with van der Waals surface area (Å²) in [4.78, 5) is 26.4. The number of nitrogens with one attached hydrogen (secondary N) is 1. The number of nitrogens with two attached hydrogens (primary N) is 1. The highest BCUT2D eigenvalue weighted by Crippen LogP contribution is 2.22. The largest absolute Gasteiger partial charge is 0.346 e. The number of nitrogens with zero attached hydrogens (tertiary/aromatic N) is 5. The monoisotopic (exact) mass is 385 g/mol. The van der Waals surface area contributed by atoms with E-state index in [4.69, 9.17) is 5.73 Å². The van der Waals surface area contributed by atoms with E-state index >= 15 is 0 Å². The lowest BCUT2D eigenvalue weighted by atomic mass is 10.0. The first-order chi connectivity index (χ1) is 13.3. The maximum atomic E-state index is 12.7. The third kappa shape index (κ3) is 5.23. The van der Waals surface area contributed by atoms with Crippen molar-refractivity contribution in [1.29, 1.82) is 0 Å². The van der Waals surface area contributed by atoms with Gasteiger partial charge >= 0.3 is 0 Å². The smallest absolute Gasteiger partial charge is 0.242 e. The number of amides is 2. The summed E-state index contributed by atoms with van der Waals surface area (Å²) in [6.45, 7) is 9.59. The van der Waals surface area contributed by atoms with E-state index in [1.54, 1.807) is 15.7 Å². The van der Waals surface area contributed by atoms with Gasteiger partial charge in [-0.1, -0.05) is 32.1 Å². The summed E-state index contributed by atoms with van der Waals surface area (Å²) >= 11 is 0. The van der Waals surface area contributed by atoms with Gasteiger partial charge in [0.1, 0.15) is 6.33 Å². The highest BCUT2D eigenvalue weighted by molar-refractivity contribution is 5.87. The van der Waals surface area contributed by atoms with E-state index in [-0.39, 0.29) is 30.3 Å². The van der Waals surface area contributed by atoms with Gasteiger partial charge in [-0.15, -0.1) is 11.7 Å². The molecule has 150 valence electrons. The van der Waals surface area contributed by atoms with Crippen molar-refractivity contribution >= 4 is 11.8 Å². The molecule has 2 aromatic rings. The summed E-state index contributed by atoms with van der Waals surface area (Å²) in [5.74, 6) is -0.563. The van der Waals surface area contributed by atoms with Crippen LogP contribution in [-0.2, 0) is 9.59 Å². The minimum atomic E-state index is -0.647. The van der Waals surface area contributed by atoms with Gasteiger partial charge in [0, 0.05) is 6.54 Å². The van der Waals surface area contributed by atoms with Gasteiger partial charge in [-0.05, 0) is 41.0 Å². The van der Waals surface area contributed by atoms with Gasteiger partial charge in [0.2, 0.25) is 11.8 Å². The number of benzene rings is 1. The molecule has 0 spiro atoms. The van der Waals surface area contributed by atoms with Gasteiger partial charge in [0.15, 0.2) is 0 Å². The number of hydrogen-bond acceptors (Lipinski definition) is 6. The summed E-state index contributed by atoms with van der Waals surface area (Å²) in [6.07, 6.45) is 3.16. The molecule has 1 aromatic heterocycles. The Labute approximate surface area is 164 Å². The molecule has 0 radical (unpaired) electrons. The molecule has 2 atom stereocenters. The maximum Gasteiger partial charge on any atom is 0.242 e. The van der Waals surface area contributed by atoms with Gasteiger partial charge < -0.3 is 16.0 Å². The fourth-order valence-electron chi connectivity index (χ4n) is 2.69. The molecule has 0 saturated carbocycles. The van der Waals surface area contributed by atoms with Crippen LogP contribution < -0.4 is 11.1 Å². The fourth-order valence-corrected chi connectivity index (χ4v) is 2.69. The quantitative estimate of drug-likeness (QED) is 0.617. The molecule has 0 fully saturated rings. The van der Waals surface area contributed by atoms with E-state index in [1.165, 1.54) is 6.33 Å². The lowest BCUT2D eigenvalue weighted by Crippen LogP contribution is -2.48. The standard InChI is InChI=1S/C19H27N7O2/c1-5-9-25(17(27)11-21-19(28)18(20)13(2)3)14(4)15-7-6-8-16(10-15)26-12-22-23-24-26/h5-8,10,12-14,18H,1,9,11,20H2,2-4H3,(H,21,28)/t14?,18-/m0/s1. The Bertz CT molecular complexity index is 804. The van der Waals surface area contributed by atoms with Crippen molar-refractivity contribution in [3.8, 4) is 5.69 Å². The van der Waals surface area contributed by atoms with Crippen LogP contribution in [0.25, 0.3) is 5.69 Å². The number of hydrogen-bond donors (Lipinski definition) is 2. The molecular formula is C19H27N7O2. The van der Waals surface area contributed by atoms with Crippen molar-refractivity contribution in [3.63, 3.8) is 0 Å². The molecule has 9 heteroatoms. The molecule has 1 aromatic carbocycles. The first kappa shape index (κ1) is 21.2. The maximum absolute atomic E-state index is 12.7. The van der Waals surface area contributed by atoms with Gasteiger partial charge in [-0.2, -0.15) is 0 Å². The summed E-state index contributed by atoms with van der Waals surface area (Å²) in [7, 11) is 0. The summed E-state index contributed by atoms with van der Waals surface area (Å²) in [5.41, 5.74) is 7.52. The first-order valence-corrected chi connectivity index (χ1v) is 9.12. The van der Waals surface area contributed by atoms with E-state index in [0.717, 1.165) is 11.3 Å². The van der Waals surface area contributed by atoms with E-state index in [9.17, 15) is 9.59 Å². The SMILES string of the molecule is C=CCN(C(=O)CNC(=O)[C@@H](N)C(C)C)C(C)c1cccc(-n2cnnn2)c1. The Kier molecular flexibility index (Phi) is 7.39. The van der Waals surface area contributed by atoms with Crippen molar-refractivity contribution in [2.45, 2.75) is 32.9 Å². The minimum Gasteiger partial charge on any atom is -0.346 e. The van der Waals surface area contributed by atoms with E-state index in [1.807, 2.05) is 45.0 Å². The molecule has 0 aliphatic carbocycles. The average molecular weight is 385 g/mol. The molecule has 2 rings (SSSR count). The van der Waals surface area contributed by atoms with Gasteiger partial charge in [0.25, 0.3) is 0 Å². The predicted octanol–water partition coefficient (Wildman–Crippen LogP) is 0.837. The van der Waals surface area contributed by atoms with Gasteiger partial charge in [0.05, 0.1) is 24.3 Å². The van der Waals surface area contributed by atoms with Crippen molar-refractivity contribution in [2.75, 3.05) is 13.1 Å². The molecule has 2 amide bonds. The van der Waals surface area contributed by atoms with E-state index in [2.05, 4.69) is 27.4 Å². The molecule has 0 aliphatic rings. The molecular weight excluding hydrogens is 358 g/mol. The molecule has 28 heavy (non-hydrogen) atoms. The zero-order valence-electron chi connectivity index (χ0n) is 16.4. The van der Waals surface area contributed by atoms with Gasteiger partial charge in [-0.25, -0.2) is 4.68 Å². The minimum absolute atomic E-state index is 0.00711. The second kappa shape index (κ2) is 9.75. The molecule has 0 bridgehead atoms. The number of aromatic nitrogens is 4. The first-order valence-electron chi connectivity index (χ1n) is 9.12. The normalized spacial score (nSPS) is 13.0. The molecule has 0 aliphatic heterocycles. The predicted molar refractivity (Wildman–Crippen MR) is 105 cm³/mol. The van der Waals surface area contributed by atoms with E-state index in [0.29, 0.717) is 6.54 Å². The zero-order chi connectivity index (χ0) is 20.7. The number of tetrazole rings is 1. The van der Waals surface area contributed by atoms with Crippen molar-refractivity contribution in [1.82, 2.24) is 30.4 Å². The summed E-state index contributed by atoms with van der Waals surface area (Å²) in [5, 5.41) is 13.8. The van der Waals surface area contributed by atoms with Crippen LogP contribution in [0.2, 0.25) is 0 Å². The van der Waals surface area contributed by atoms with Crippen molar-refractivity contribution in [2.24, 2.45) is 11.7 Å². The topological polar surface area (TPSA) is 119 Å². The highest BCUT2D eigenvalue weighted by Gasteiger charge is 2.23. The fraction of sp³-hybridized carbons (Fsp3) is 0.421. The highest BCUT2D eigenvalue weighted by atomic mass is 16.2. The average Bonchev–Trinajstić information content (AvgIpc) is 3.23.